The number of halogens is 1. The van der Waals surface area contributed by atoms with Crippen LogP contribution in [0.2, 0.25) is 5.02 Å². The summed E-state index contributed by atoms with van der Waals surface area (Å²) in [4.78, 5) is 12.4. The minimum Gasteiger partial charge on any atom is -0.477 e. The molecule has 3 atom stereocenters. The molecule has 3 aromatic rings. The van der Waals surface area contributed by atoms with Gasteiger partial charge in [-0.25, -0.2) is 4.79 Å². The lowest BCUT2D eigenvalue weighted by molar-refractivity contribution is 0.0684. The summed E-state index contributed by atoms with van der Waals surface area (Å²) in [7, 11) is 0. The van der Waals surface area contributed by atoms with E-state index >= 15 is 0 Å². The molecule has 30 heavy (non-hydrogen) atoms. The van der Waals surface area contributed by atoms with Crippen molar-refractivity contribution in [3.63, 3.8) is 0 Å². The number of rotatable bonds is 6. The van der Waals surface area contributed by atoms with Gasteiger partial charge in [-0.2, -0.15) is 0 Å². The molecule has 1 heterocycles. The molecule has 1 aliphatic rings. The van der Waals surface area contributed by atoms with Gasteiger partial charge in [0, 0.05) is 40.6 Å². The summed E-state index contributed by atoms with van der Waals surface area (Å²) < 4.78 is 1.89. The molecule has 0 amide bonds. The summed E-state index contributed by atoms with van der Waals surface area (Å²) >= 11 is 6.38. The van der Waals surface area contributed by atoms with E-state index in [1.54, 1.807) is 0 Å². The number of fused-ring (bicyclic) bond motifs is 1. The van der Waals surface area contributed by atoms with Crippen LogP contribution in [0.1, 0.15) is 54.7 Å². The summed E-state index contributed by atoms with van der Waals surface area (Å²) in [5.74, 6) is 0.375. The lowest BCUT2D eigenvalue weighted by Gasteiger charge is -2.34. The maximum Gasteiger partial charge on any atom is 0.352 e. The molecule has 4 nitrogen and oxygen atoms in total. The largest absolute Gasteiger partial charge is 0.477 e. The minimum absolute atomic E-state index is 0.347. The topological polar surface area (TPSA) is 54.3 Å². The molecule has 1 aliphatic carbocycles. The van der Waals surface area contributed by atoms with Gasteiger partial charge in [0.05, 0.1) is 0 Å². The summed E-state index contributed by atoms with van der Waals surface area (Å²) in [5, 5.41) is 15.5. The van der Waals surface area contributed by atoms with Gasteiger partial charge < -0.3 is 15.0 Å². The number of carboxylic acids is 1. The molecule has 1 fully saturated rings. The van der Waals surface area contributed by atoms with Gasteiger partial charge >= 0.3 is 5.97 Å². The van der Waals surface area contributed by atoms with E-state index < -0.39 is 5.97 Å². The van der Waals surface area contributed by atoms with Crippen molar-refractivity contribution in [1.82, 2.24) is 9.88 Å². The maximum atomic E-state index is 12.4. The summed E-state index contributed by atoms with van der Waals surface area (Å²) in [6.07, 6.45) is 3.65. The molecule has 0 unspecified atom stereocenters. The van der Waals surface area contributed by atoms with Crippen molar-refractivity contribution in [1.29, 1.82) is 0 Å². The zero-order valence-electron chi connectivity index (χ0n) is 17.6. The standard InChI is InChI=1S/C25H29ClN2O2/c1-16-8-7-12-22(17(16)2)27-14-20-19-10-4-6-13-23(19)28(24(20)25(29)30)15-18-9-3-5-11-21(18)26/h3-6,9-11,13,16-17,22,27H,7-8,12,14-15H2,1-2H3,(H,29,30)/t16-,17-,22+/m1/s1. The Morgan fingerprint density at radius 2 is 1.87 bits per heavy atom. The second-order valence-corrected chi connectivity index (χ2v) is 8.99. The fourth-order valence-electron chi connectivity index (χ4n) is 4.86. The second-order valence-electron chi connectivity index (χ2n) is 8.58. The third kappa shape index (κ3) is 3.99. The number of aromatic carboxylic acids is 1. The van der Waals surface area contributed by atoms with Gasteiger partial charge in [0.2, 0.25) is 0 Å². The van der Waals surface area contributed by atoms with Crippen LogP contribution in [-0.2, 0) is 13.1 Å². The number of nitrogens with zero attached hydrogens (tertiary/aromatic N) is 1. The minimum atomic E-state index is -0.903. The third-order valence-corrected chi connectivity index (χ3v) is 7.18. The van der Waals surface area contributed by atoms with Crippen LogP contribution in [0.25, 0.3) is 10.9 Å². The smallest absolute Gasteiger partial charge is 0.352 e. The second kappa shape index (κ2) is 8.83. The molecule has 5 heteroatoms. The number of para-hydroxylation sites is 1. The Morgan fingerprint density at radius 3 is 2.63 bits per heavy atom. The van der Waals surface area contributed by atoms with Gasteiger partial charge in [-0.05, 0) is 36.0 Å². The van der Waals surface area contributed by atoms with E-state index in [1.807, 2.05) is 53.1 Å². The fourth-order valence-corrected chi connectivity index (χ4v) is 5.06. The number of carbonyl (C=O) groups is 1. The van der Waals surface area contributed by atoms with Crippen LogP contribution in [0.3, 0.4) is 0 Å². The van der Waals surface area contributed by atoms with Crippen molar-refractivity contribution in [3.05, 3.63) is 70.4 Å². The average molecular weight is 425 g/mol. The number of hydrogen-bond acceptors (Lipinski definition) is 2. The van der Waals surface area contributed by atoms with E-state index in [1.165, 1.54) is 12.8 Å². The zero-order chi connectivity index (χ0) is 21.3. The highest BCUT2D eigenvalue weighted by atomic mass is 35.5. The first-order valence-electron chi connectivity index (χ1n) is 10.8. The van der Waals surface area contributed by atoms with Crippen molar-refractivity contribution < 1.29 is 9.90 Å². The van der Waals surface area contributed by atoms with Crippen molar-refractivity contribution >= 4 is 28.5 Å². The SMILES string of the molecule is C[C@@H]1[C@H](C)CCC[C@@H]1NCc1c(C(=O)O)n(Cc2ccccc2Cl)c2ccccc12. The van der Waals surface area contributed by atoms with E-state index in [4.69, 9.17) is 11.6 Å². The Kier molecular flexibility index (Phi) is 6.16. The number of hydrogen-bond donors (Lipinski definition) is 2. The van der Waals surface area contributed by atoms with E-state index in [2.05, 4.69) is 19.2 Å². The first kappa shape index (κ1) is 21.0. The van der Waals surface area contributed by atoms with Crippen molar-refractivity contribution in [2.24, 2.45) is 11.8 Å². The van der Waals surface area contributed by atoms with Gasteiger partial charge in [0.15, 0.2) is 0 Å². The van der Waals surface area contributed by atoms with Gasteiger partial charge in [-0.3, -0.25) is 0 Å². The molecule has 0 spiro atoms. The van der Waals surface area contributed by atoms with E-state index in [-0.39, 0.29) is 0 Å². The Morgan fingerprint density at radius 1 is 1.13 bits per heavy atom. The highest BCUT2D eigenvalue weighted by molar-refractivity contribution is 6.31. The molecule has 0 aliphatic heterocycles. The Balaban J connectivity index is 1.73. The van der Waals surface area contributed by atoms with Gasteiger partial charge in [-0.15, -0.1) is 0 Å². The van der Waals surface area contributed by atoms with Crippen LogP contribution in [0.4, 0.5) is 0 Å². The highest BCUT2D eigenvalue weighted by Crippen LogP contribution is 2.32. The predicted octanol–water partition coefficient (Wildman–Crippen LogP) is 5.96. The Labute approximate surface area is 182 Å². The Bertz CT molecular complexity index is 1060. The molecule has 0 saturated heterocycles. The molecule has 4 rings (SSSR count). The van der Waals surface area contributed by atoms with Crippen molar-refractivity contribution in [3.8, 4) is 0 Å². The summed E-state index contributed by atoms with van der Waals surface area (Å²) in [6.45, 7) is 5.61. The van der Waals surface area contributed by atoms with Gasteiger partial charge in [0.1, 0.15) is 5.69 Å². The quantitative estimate of drug-likeness (QED) is 0.513. The van der Waals surface area contributed by atoms with Crippen LogP contribution in [-0.4, -0.2) is 21.7 Å². The lowest BCUT2D eigenvalue weighted by Crippen LogP contribution is -2.40. The maximum absolute atomic E-state index is 12.4. The van der Waals surface area contributed by atoms with E-state index in [0.717, 1.165) is 28.5 Å². The first-order chi connectivity index (χ1) is 14.5. The molecule has 1 aromatic heterocycles. The van der Waals surface area contributed by atoms with Gasteiger partial charge in [0.25, 0.3) is 0 Å². The van der Waals surface area contributed by atoms with Crippen LogP contribution < -0.4 is 5.32 Å². The number of aromatic nitrogens is 1. The zero-order valence-corrected chi connectivity index (χ0v) is 18.3. The van der Waals surface area contributed by atoms with Gasteiger partial charge in [-0.1, -0.05) is 74.7 Å². The van der Waals surface area contributed by atoms with Crippen LogP contribution in [0.5, 0.6) is 0 Å². The lowest BCUT2D eigenvalue weighted by atomic mass is 9.78. The fraction of sp³-hybridized carbons (Fsp3) is 0.400. The third-order valence-electron chi connectivity index (χ3n) is 6.81. The highest BCUT2D eigenvalue weighted by Gasteiger charge is 2.28. The number of carboxylic acid groups (broad SMARTS) is 1. The molecular formula is C25H29ClN2O2. The predicted molar refractivity (Wildman–Crippen MR) is 122 cm³/mol. The average Bonchev–Trinajstić information content (AvgIpc) is 3.04. The van der Waals surface area contributed by atoms with Crippen LogP contribution in [0, 0.1) is 11.8 Å². The summed E-state index contributed by atoms with van der Waals surface area (Å²) in [5.41, 5.74) is 3.05. The molecule has 1 saturated carbocycles. The number of nitrogens with one attached hydrogen (secondary N) is 1. The normalized spacial score (nSPS) is 21.8. The molecule has 2 N–H and O–H groups in total. The van der Waals surface area contributed by atoms with E-state index in [0.29, 0.717) is 41.7 Å². The summed E-state index contributed by atoms with van der Waals surface area (Å²) in [6, 6.07) is 16.0. The van der Waals surface area contributed by atoms with E-state index in [9.17, 15) is 9.90 Å². The molecule has 158 valence electrons. The Hall–Kier alpha value is -2.30. The monoisotopic (exact) mass is 424 g/mol. The molecule has 0 radical (unpaired) electrons. The molecular weight excluding hydrogens is 396 g/mol. The van der Waals surface area contributed by atoms with Crippen LogP contribution in [0.15, 0.2) is 48.5 Å². The number of benzene rings is 2. The van der Waals surface area contributed by atoms with Crippen molar-refractivity contribution in [2.75, 3.05) is 0 Å². The van der Waals surface area contributed by atoms with Crippen molar-refractivity contribution in [2.45, 2.75) is 52.2 Å². The molecule has 2 aromatic carbocycles. The molecule has 0 bridgehead atoms. The van der Waals surface area contributed by atoms with Crippen LogP contribution >= 0.6 is 11.6 Å². The first-order valence-corrected chi connectivity index (χ1v) is 11.2.